The van der Waals surface area contributed by atoms with E-state index in [-0.39, 0.29) is 42.3 Å². The van der Waals surface area contributed by atoms with Crippen LogP contribution in [0.15, 0.2) is 29.2 Å². The average Bonchev–Trinajstić information content (AvgIpc) is 2.80. The number of nitrogens with two attached hydrogens (primary N) is 1. The van der Waals surface area contributed by atoms with Crippen molar-refractivity contribution >= 4 is 27.9 Å². The first kappa shape index (κ1) is 19.9. The van der Waals surface area contributed by atoms with E-state index in [1.807, 2.05) is 0 Å². The molecule has 1 aliphatic rings. The number of benzene rings is 1. The van der Waals surface area contributed by atoms with Gasteiger partial charge in [0.2, 0.25) is 21.8 Å². The van der Waals surface area contributed by atoms with Crippen LogP contribution in [0.4, 0.5) is 4.79 Å². The van der Waals surface area contributed by atoms with E-state index in [0.717, 1.165) is 10.5 Å². The number of primary sulfonamides is 1. The first-order valence-electron chi connectivity index (χ1n) is 8.12. The Kier molecular flexibility index (Phi) is 6.32. The van der Waals surface area contributed by atoms with Crippen molar-refractivity contribution < 1.29 is 22.8 Å². The van der Waals surface area contributed by atoms with E-state index in [2.05, 4.69) is 5.32 Å². The molecular weight excluding hydrogens is 360 g/mol. The molecule has 0 radical (unpaired) electrons. The van der Waals surface area contributed by atoms with Gasteiger partial charge in [0.15, 0.2) is 0 Å². The van der Waals surface area contributed by atoms with E-state index in [9.17, 15) is 22.8 Å². The summed E-state index contributed by atoms with van der Waals surface area (Å²) in [5.41, 5.74) is 0.869. The van der Waals surface area contributed by atoms with Gasteiger partial charge in [0.05, 0.1) is 4.90 Å². The molecule has 3 N–H and O–H groups in total. The maximum atomic E-state index is 11.8. The Labute approximate surface area is 152 Å². The van der Waals surface area contributed by atoms with Crippen LogP contribution in [-0.4, -0.2) is 62.7 Å². The Hall–Kier alpha value is -2.46. The second kappa shape index (κ2) is 8.28. The molecule has 9 nitrogen and oxygen atoms in total. The van der Waals surface area contributed by atoms with Crippen molar-refractivity contribution in [3.8, 4) is 0 Å². The molecule has 0 spiro atoms. The van der Waals surface area contributed by atoms with Crippen LogP contribution in [0.2, 0.25) is 0 Å². The summed E-state index contributed by atoms with van der Waals surface area (Å²) in [6.45, 7) is 0.706. The van der Waals surface area contributed by atoms with Crippen molar-refractivity contribution in [3.63, 3.8) is 0 Å². The molecule has 0 bridgehead atoms. The van der Waals surface area contributed by atoms with Crippen LogP contribution in [-0.2, 0) is 26.0 Å². The van der Waals surface area contributed by atoms with Crippen molar-refractivity contribution in [2.45, 2.75) is 24.2 Å². The fourth-order valence-corrected chi connectivity index (χ4v) is 3.08. The van der Waals surface area contributed by atoms with E-state index < -0.39 is 10.0 Å². The van der Waals surface area contributed by atoms with Gasteiger partial charge in [-0.15, -0.1) is 0 Å². The molecule has 1 aromatic carbocycles. The highest BCUT2D eigenvalue weighted by Gasteiger charge is 2.32. The summed E-state index contributed by atoms with van der Waals surface area (Å²) in [4.78, 5) is 37.6. The molecule has 0 aromatic heterocycles. The number of hydrogen-bond donors (Lipinski definition) is 2. The number of amides is 4. The summed E-state index contributed by atoms with van der Waals surface area (Å²) in [5, 5.41) is 7.78. The molecule has 0 unspecified atom stereocenters. The third-order valence-electron chi connectivity index (χ3n) is 4.00. The van der Waals surface area contributed by atoms with E-state index >= 15 is 0 Å². The fraction of sp³-hybridized carbons (Fsp3) is 0.438. The largest absolute Gasteiger partial charge is 0.356 e. The van der Waals surface area contributed by atoms with Crippen molar-refractivity contribution in [3.05, 3.63) is 29.8 Å². The number of carbonyl (C=O) groups excluding carboxylic acids is 3. The third-order valence-corrected chi connectivity index (χ3v) is 4.93. The molecule has 2 rings (SSSR count). The second-order valence-electron chi connectivity index (χ2n) is 6.08. The lowest BCUT2D eigenvalue weighted by Gasteiger charge is -2.13. The summed E-state index contributed by atoms with van der Waals surface area (Å²) in [6, 6.07) is 5.81. The quantitative estimate of drug-likeness (QED) is 0.595. The van der Waals surface area contributed by atoms with E-state index in [1.165, 1.54) is 17.0 Å². The topological polar surface area (TPSA) is 130 Å². The van der Waals surface area contributed by atoms with Gasteiger partial charge in [-0.2, -0.15) is 0 Å². The fourth-order valence-electron chi connectivity index (χ4n) is 2.57. The zero-order valence-corrected chi connectivity index (χ0v) is 15.3. The summed E-state index contributed by atoms with van der Waals surface area (Å²) < 4.78 is 22.3. The molecule has 0 saturated carbocycles. The Morgan fingerprint density at radius 1 is 1.23 bits per heavy atom. The molecule has 1 fully saturated rings. The summed E-state index contributed by atoms with van der Waals surface area (Å²) in [6.07, 6.45) is 1.16. The monoisotopic (exact) mass is 382 g/mol. The highest BCUT2D eigenvalue weighted by Crippen LogP contribution is 2.10. The Morgan fingerprint density at radius 2 is 1.88 bits per heavy atom. The Bertz CT molecular complexity index is 791. The van der Waals surface area contributed by atoms with Gasteiger partial charge >= 0.3 is 6.03 Å². The van der Waals surface area contributed by atoms with Crippen molar-refractivity contribution in [1.82, 2.24) is 15.1 Å². The maximum absolute atomic E-state index is 11.8. The zero-order chi connectivity index (χ0) is 19.3. The van der Waals surface area contributed by atoms with Crippen LogP contribution in [0.1, 0.15) is 18.4 Å². The molecule has 142 valence electrons. The Morgan fingerprint density at radius 3 is 2.42 bits per heavy atom. The minimum absolute atomic E-state index is 0.0435. The number of urea groups is 1. The number of nitrogens with one attached hydrogen (secondary N) is 1. The molecule has 10 heteroatoms. The van der Waals surface area contributed by atoms with E-state index in [4.69, 9.17) is 5.14 Å². The SMILES string of the molecule is CN1CC(=O)N(CCCC(=O)NCCc2ccc(S(N)(=O)=O)cc2)C1=O. The minimum atomic E-state index is -3.71. The smallest absolute Gasteiger partial charge is 0.326 e. The number of hydrogen-bond acceptors (Lipinski definition) is 5. The predicted molar refractivity (Wildman–Crippen MR) is 93.5 cm³/mol. The number of carbonyl (C=O) groups is 3. The molecule has 1 heterocycles. The van der Waals surface area contributed by atoms with Gasteiger partial charge in [-0.05, 0) is 30.5 Å². The van der Waals surface area contributed by atoms with Crippen molar-refractivity contribution in [2.24, 2.45) is 5.14 Å². The molecule has 4 amide bonds. The van der Waals surface area contributed by atoms with Crippen LogP contribution in [0.5, 0.6) is 0 Å². The molecule has 1 aromatic rings. The first-order chi connectivity index (χ1) is 12.2. The lowest BCUT2D eigenvalue weighted by Crippen LogP contribution is -2.33. The molecule has 26 heavy (non-hydrogen) atoms. The number of sulfonamides is 1. The van der Waals surface area contributed by atoms with Gasteiger partial charge in [-0.1, -0.05) is 12.1 Å². The molecule has 0 aliphatic carbocycles. The molecular formula is C16H22N4O5S. The average molecular weight is 382 g/mol. The van der Waals surface area contributed by atoms with Gasteiger partial charge in [0.25, 0.3) is 0 Å². The highest BCUT2D eigenvalue weighted by molar-refractivity contribution is 7.89. The van der Waals surface area contributed by atoms with Crippen LogP contribution >= 0.6 is 0 Å². The molecule has 0 atom stereocenters. The van der Waals surface area contributed by atoms with E-state index in [1.54, 1.807) is 19.2 Å². The van der Waals surface area contributed by atoms with Crippen LogP contribution in [0.3, 0.4) is 0 Å². The van der Waals surface area contributed by atoms with Crippen LogP contribution < -0.4 is 10.5 Å². The van der Waals surface area contributed by atoms with E-state index in [0.29, 0.717) is 19.4 Å². The first-order valence-corrected chi connectivity index (χ1v) is 9.67. The summed E-state index contributed by atoms with van der Waals surface area (Å²) in [5.74, 6) is -0.417. The van der Waals surface area contributed by atoms with Gasteiger partial charge in [0.1, 0.15) is 6.54 Å². The maximum Gasteiger partial charge on any atom is 0.326 e. The standard InChI is InChI=1S/C16H22N4O5S/c1-19-11-15(22)20(16(19)23)10-2-3-14(21)18-9-8-12-4-6-13(7-5-12)26(17,24)25/h4-7H,2-3,8-11H2,1H3,(H,18,21)(H2,17,24,25). The summed E-state index contributed by atoms with van der Waals surface area (Å²) >= 11 is 0. The third kappa shape index (κ3) is 5.27. The molecule has 1 saturated heterocycles. The zero-order valence-electron chi connectivity index (χ0n) is 14.5. The van der Waals surface area contributed by atoms with Gasteiger partial charge in [0, 0.05) is 26.6 Å². The lowest BCUT2D eigenvalue weighted by molar-refractivity contribution is -0.126. The Balaban J connectivity index is 1.68. The van der Waals surface area contributed by atoms with Crippen LogP contribution in [0, 0.1) is 0 Å². The van der Waals surface area contributed by atoms with Gasteiger partial charge in [-0.25, -0.2) is 18.4 Å². The van der Waals surface area contributed by atoms with Gasteiger partial charge < -0.3 is 10.2 Å². The highest BCUT2D eigenvalue weighted by atomic mass is 32.2. The van der Waals surface area contributed by atoms with Crippen molar-refractivity contribution in [2.75, 3.05) is 26.7 Å². The number of likely N-dealkylation sites (N-methyl/N-ethyl adjacent to an activating group) is 1. The van der Waals surface area contributed by atoms with Gasteiger partial charge in [-0.3, -0.25) is 14.5 Å². The number of rotatable bonds is 8. The number of imide groups is 1. The predicted octanol–water partition coefficient (Wildman–Crippen LogP) is -0.333. The lowest BCUT2D eigenvalue weighted by atomic mass is 10.1. The minimum Gasteiger partial charge on any atom is -0.356 e. The number of nitrogens with zero attached hydrogens (tertiary/aromatic N) is 2. The van der Waals surface area contributed by atoms with Crippen LogP contribution in [0.25, 0.3) is 0 Å². The summed E-state index contributed by atoms with van der Waals surface area (Å²) in [7, 11) is -2.15. The second-order valence-corrected chi connectivity index (χ2v) is 7.64. The normalized spacial score (nSPS) is 14.8. The molecule has 1 aliphatic heterocycles. The van der Waals surface area contributed by atoms with Crippen molar-refractivity contribution in [1.29, 1.82) is 0 Å².